The lowest BCUT2D eigenvalue weighted by Crippen LogP contribution is -2.46. The predicted molar refractivity (Wildman–Crippen MR) is 108 cm³/mol. The van der Waals surface area contributed by atoms with Crippen LogP contribution in [-0.4, -0.2) is 65.2 Å². The van der Waals surface area contributed by atoms with Crippen molar-refractivity contribution in [2.75, 3.05) is 32.1 Å². The van der Waals surface area contributed by atoms with Gasteiger partial charge in [-0.05, 0) is 56.9 Å². The average Bonchev–Trinajstić information content (AvgIpc) is 3.22. The summed E-state index contributed by atoms with van der Waals surface area (Å²) in [5.41, 5.74) is 0.259. The van der Waals surface area contributed by atoms with Crippen LogP contribution in [0.3, 0.4) is 0 Å². The van der Waals surface area contributed by atoms with Crippen LogP contribution in [0.2, 0.25) is 0 Å². The Morgan fingerprint density at radius 3 is 2.59 bits per heavy atom. The van der Waals surface area contributed by atoms with Gasteiger partial charge in [-0.3, -0.25) is 4.90 Å². The number of halogens is 1. The second-order valence-electron chi connectivity index (χ2n) is 7.58. The van der Waals surface area contributed by atoms with Crippen molar-refractivity contribution in [3.8, 4) is 0 Å². The summed E-state index contributed by atoms with van der Waals surface area (Å²) in [6.07, 6.45) is 1.55. The maximum Gasteiger partial charge on any atom is 0.184 e. The number of nitrogens with one attached hydrogen (secondary N) is 1. The Hall–Kier alpha value is -1.75. The Kier molecular flexibility index (Phi) is 6.19. The maximum absolute atomic E-state index is 13.4. The Balaban J connectivity index is 1.87. The van der Waals surface area contributed by atoms with E-state index in [9.17, 15) is 21.2 Å². The van der Waals surface area contributed by atoms with E-state index in [0.29, 0.717) is 12.3 Å². The molecule has 1 unspecified atom stereocenters. The molecule has 29 heavy (non-hydrogen) atoms. The van der Waals surface area contributed by atoms with Crippen LogP contribution in [0.1, 0.15) is 17.4 Å². The molecule has 7 nitrogen and oxygen atoms in total. The predicted octanol–water partition coefficient (Wildman–Crippen LogP) is 1.56. The first kappa shape index (κ1) is 21.9. The van der Waals surface area contributed by atoms with Crippen LogP contribution in [-0.2, 0) is 19.7 Å². The van der Waals surface area contributed by atoms with E-state index in [2.05, 4.69) is 5.32 Å². The van der Waals surface area contributed by atoms with E-state index in [0.717, 1.165) is 12.1 Å². The summed E-state index contributed by atoms with van der Waals surface area (Å²) in [6, 6.07) is 6.02. The fourth-order valence-electron chi connectivity index (χ4n) is 3.69. The van der Waals surface area contributed by atoms with Crippen LogP contribution >= 0.6 is 0 Å². The smallest absolute Gasteiger partial charge is 0.184 e. The highest BCUT2D eigenvalue weighted by atomic mass is 32.2. The third-order valence-electron chi connectivity index (χ3n) is 5.21. The molecule has 160 valence electrons. The van der Waals surface area contributed by atoms with E-state index >= 15 is 0 Å². The number of furan rings is 1. The van der Waals surface area contributed by atoms with Gasteiger partial charge in [0.1, 0.15) is 11.6 Å². The van der Waals surface area contributed by atoms with Gasteiger partial charge in [0.15, 0.2) is 19.7 Å². The number of benzene rings is 1. The minimum absolute atomic E-state index is 0.0389. The molecule has 0 amide bonds. The molecule has 1 saturated heterocycles. The Morgan fingerprint density at radius 1 is 1.28 bits per heavy atom. The van der Waals surface area contributed by atoms with Gasteiger partial charge in [-0.2, -0.15) is 0 Å². The minimum atomic E-state index is -3.97. The zero-order valence-electron chi connectivity index (χ0n) is 16.5. The molecule has 1 aliphatic rings. The number of sulfone groups is 2. The number of rotatable bonds is 7. The standard InChI is InChI=1S/C19H25FN2O5S2/c1-13-9-14(20)6-7-18(13)29(25,26)19-12-28(23,24)11-15(19)21-10-16(22(2)3)17-5-4-8-27-17/h4-9,15-16,19,21H,10-12H2,1-3H3/t15-,16?,19-/m0/s1. The number of hydrogen-bond donors (Lipinski definition) is 1. The lowest BCUT2D eigenvalue weighted by Gasteiger charge is -2.26. The SMILES string of the molecule is Cc1cc(F)ccc1S(=O)(=O)[C@H]1CS(=O)(=O)C[C@@H]1NCC(c1ccco1)N(C)C. The molecule has 2 heterocycles. The summed E-state index contributed by atoms with van der Waals surface area (Å²) in [5, 5.41) is 1.99. The first-order chi connectivity index (χ1) is 13.5. The maximum atomic E-state index is 13.4. The first-order valence-corrected chi connectivity index (χ1v) is 12.5. The molecule has 0 bridgehead atoms. The van der Waals surface area contributed by atoms with Crippen LogP contribution in [0.25, 0.3) is 0 Å². The molecular formula is C19H25FN2O5S2. The summed E-state index contributed by atoms with van der Waals surface area (Å²) < 4.78 is 69.9. The van der Waals surface area contributed by atoms with Crippen molar-refractivity contribution in [3.05, 3.63) is 53.7 Å². The average molecular weight is 445 g/mol. The number of nitrogens with zero attached hydrogens (tertiary/aromatic N) is 1. The van der Waals surface area contributed by atoms with Crippen LogP contribution in [0, 0.1) is 12.7 Å². The molecule has 0 radical (unpaired) electrons. The third-order valence-corrected chi connectivity index (χ3v) is 9.52. The number of likely N-dealkylation sites (N-methyl/N-ethyl adjacent to an activating group) is 1. The fraction of sp³-hybridized carbons (Fsp3) is 0.474. The van der Waals surface area contributed by atoms with Crippen molar-refractivity contribution in [1.82, 2.24) is 10.2 Å². The van der Waals surface area contributed by atoms with Gasteiger partial charge < -0.3 is 9.73 Å². The van der Waals surface area contributed by atoms with E-state index in [1.54, 1.807) is 12.3 Å². The zero-order valence-corrected chi connectivity index (χ0v) is 18.1. The Bertz CT molecular complexity index is 1070. The van der Waals surface area contributed by atoms with Gasteiger partial charge in [0.05, 0.1) is 34.0 Å². The van der Waals surface area contributed by atoms with Crippen molar-refractivity contribution < 1.29 is 25.6 Å². The Labute approximate surface area is 170 Å². The molecule has 2 aromatic rings. The lowest BCUT2D eigenvalue weighted by atomic mass is 10.1. The monoisotopic (exact) mass is 444 g/mol. The van der Waals surface area contributed by atoms with E-state index < -0.39 is 42.5 Å². The highest BCUT2D eigenvalue weighted by Crippen LogP contribution is 2.29. The zero-order chi connectivity index (χ0) is 21.4. The second kappa shape index (κ2) is 8.17. The van der Waals surface area contributed by atoms with Gasteiger partial charge >= 0.3 is 0 Å². The van der Waals surface area contributed by atoms with E-state index in [-0.39, 0.29) is 22.3 Å². The molecule has 0 saturated carbocycles. The molecule has 3 atom stereocenters. The van der Waals surface area contributed by atoms with Crippen molar-refractivity contribution in [2.24, 2.45) is 0 Å². The summed E-state index contributed by atoms with van der Waals surface area (Å²) >= 11 is 0. The van der Waals surface area contributed by atoms with Crippen molar-refractivity contribution in [1.29, 1.82) is 0 Å². The normalized spacial score (nSPS) is 22.8. The molecule has 1 N–H and O–H groups in total. The molecule has 1 aliphatic heterocycles. The second-order valence-corrected chi connectivity index (χ2v) is 11.9. The van der Waals surface area contributed by atoms with Crippen LogP contribution in [0.4, 0.5) is 4.39 Å². The van der Waals surface area contributed by atoms with Crippen LogP contribution < -0.4 is 5.32 Å². The van der Waals surface area contributed by atoms with Crippen molar-refractivity contribution in [3.63, 3.8) is 0 Å². The van der Waals surface area contributed by atoms with E-state index in [1.165, 1.54) is 13.0 Å². The number of hydrogen-bond acceptors (Lipinski definition) is 7. The number of aryl methyl sites for hydroxylation is 1. The van der Waals surface area contributed by atoms with E-state index in [4.69, 9.17) is 4.42 Å². The molecule has 1 fully saturated rings. The summed E-state index contributed by atoms with van der Waals surface area (Å²) in [6.45, 7) is 1.82. The van der Waals surface area contributed by atoms with Gasteiger partial charge in [0.2, 0.25) is 0 Å². The van der Waals surface area contributed by atoms with Gasteiger partial charge in [-0.1, -0.05) is 0 Å². The third kappa shape index (κ3) is 4.71. The van der Waals surface area contributed by atoms with Gasteiger partial charge in [0, 0.05) is 12.6 Å². The topological polar surface area (TPSA) is 96.7 Å². The van der Waals surface area contributed by atoms with Crippen LogP contribution in [0.15, 0.2) is 45.9 Å². The highest BCUT2D eigenvalue weighted by Gasteiger charge is 2.46. The Morgan fingerprint density at radius 2 is 2.00 bits per heavy atom. The first-order valence-electron chi connectivity index (χ1n) is 9.15. The fourth-order valence-corrected chi connectivity index (χ4v) is 8.63. The molecule has 0 aliphatic carbocycles. The molecule has 1 aromatic carbocycles. The molecule has 0 spiro atoms. The summed E-state index contributed by atoms with van der Waals surface area (Å²) in [5.74, 6) is -0.577. The minimum Gasteiger partial charge on any atom is -0.468 e. The quantitative estimate of drug-likeness (QED) is 0.648. The van der Waals surface area contributed by atoms with Crippen molar-refractivity contribution >= 4 is 19.7 Å². The van der Waals surface area contributed by atoms with Crippen LogP contribution in [0.5, 0.6) is 0 Å². The lowest BCUT2D eigenvalue weighted by molar-refractivity contribution is 0.245. The molecule has 10 heteroatoms. The highest BCUT2D eigenvalue weighted by molar-refractivity contribution is 7.96. The van der Waals surface area contributed by atoms with Gasteiger partial charge in [-0.25, -0.2) is 21.2 Å². The molecule has 3 rings (SSSR count). The molecular weight excluding hydrogens is 419 g/mol. The largest absolute Gasteiger partial charge is 0.468 e. The molecule has 1 aromatic heterocycles. The summed E-state index contributed by atoms with van der Waals surface area (Å²) in [7, 11) is -3.79. The van der Waals surface area contributed by atoms with E-state index in [1.807, 2.05) is 25.1 Å². The van der Waals surface area contributed by atoms with Gasteiger partial charge in [0.25, 0.3) is 0 Å². The summed E-state index contributed by atoms with van der Waals surface area (Å²) in [4.78, 5) is 1.87. The van der Waals surface area contributed by atoms with Gasteiger partial charge in [-0.15, -0.1) is 0 Å². The van der Waals surface area contributed by atoms with Crippen molar-refractivity contribution in [2.45, 2.75) is 29.2 Å².